The smallest absolute Gasteiger partial charge is 0.358 e. The molecule has 0 atom stereocenters. The Bertz CT molecular complexity index is 578. The standard InChI is InChI=1S/C12H13N3O3/c1-15-11(12(16)18-3)10(13-14-15)8-6-4-5-7-9(8)17-2/h4-7H,1-3H3. The maximum atomic E-state index is 11.7. The Morgan fingerprint density at radius 1 is 1.28 bits per heavy atom. The lowest BCUT2D eigenvalue weighted by atomic mass is 10.1. The Kier molecular flexibility index (Phi) is 3.27. The summed E-state index contributed by atoms with van der Waals surface area (Å²) in [7, 11) is 4.52. The van der Waals surface area contributed by atoms with Crippen LogP contribution in [0.25, 0.3) is 11.3 Å². The van der Waals surface area contributed by atoms with E-state index in [0.29, 0.717) is 22.7 Å². The Labute approximate surface area is 104 Å². The van der Waals surface area contributed by atoms with E-state index in [1.54, 1.807) is 20.2 Å². The van der Waals surface area contributed by atoms with Crippen LogP contribution in [-0.2, 0) is 11.8 Å². The van der Waals surface area contributed by atoms with Crippen molar-refractivity contribution in [1.29, 1.82) is 0 Å². The molecule has 0 radical (unpaired) electrons. The SMILES string of the molecule is COC(=O)c1c(-c2ccccc2OC)nnn1C. The van der Waals surface area contributed by atoms with E-state index in [1.165, 1.54) is 11.8 Å². The first-order valence-corrected chi connectivity index (χ1v) is 5.30. The summed E-state index contributed by atoms with van der Waals surface area (Å²) in [5, 5.41) is 7.84. The molecule has 18 heavy (non-hydrogen) atoms. The van der Waals surface area contributed by atoms with Gasteiger partial charge in [-0.2, -0.15) is 0 Å². The fourth-order valence-corrected chi connectivity index (χ4v) is 1.70. The first-order chi connectivity index (χ1) is 8.69. The van der Waals surface area contributed by atoms with E-state index < -0.39 is 5.97 Å². The van der Waals surface area contributed by atoms with E-state index in [9.17, 15) is 4.79 Å². The molecule has 0 unspecified atom stereocenters. The molecule has 6 nitrogen and oxygen atoms in total. The average molecular weight is 247 g/mol. The molecule has 2 rings (SSSR count). The number of benzene rings is 1. The summed E-state index contributed by atoms with van der Waals surface area (Å²) < 4.78 is 11.4. The first-order valence-electron chi connectivity index (χ1n) is 5.30. The lowest BCUT2D eigenvalue weighted by Crippen LogP contribution is -2.09. The molecule has 2 aromatic rings. The number of aromatic nitrogens is 3. The van der Waals surface area contributed by atoms with Crippen molar-refractivity contribution in [3.05, 3.63) is 30.0 Å². The van der Waals surface area contributed by atoms with Gasteiger partial charge in [0.15, 0.2) is 5.69 Å². The molecule has 0 saturated carbocycles. The zero-order valence-electron chi connectivity index (χ0n) is 10.4. The second-order valence-electron chi connectivity index (χ2n) is 3.60. The highest BCUT2D eigenvalue weighted by Gasteiger charge is 2.22. The van der Waals surface area contributed by atoms with Gasteiger partial charge in [-0.25, -0.2) is 9.48 Å². The molecule has 1 heterocycles. The van der Waals surface area contributed by atoms with Gasteiger partial charge in [-0.15, -0.1) is 5.10 Å². The van der Waals surface area contributed by atoms with E-state index in [-0.39, 0.29) is 0 Å². The van der Waals surface area contributed by atoms with Gasteiger partial charge in [0.1, 0.15) is 11.4 Å². The molecule has 0 fully saturated rings. The topological polar surface area (TPSA) is 66.2 Å². The van der Waals surface area contributed by atoms with E-state index >= 15 is 0 Å². The minimum atomic E-state index is -0.483. The van der Waals surface area contributed by atoms with Crippen molar-refractivity contribution >= 4 is 5.97 Å². The number of carbonyl (C=O) groups is 1. The van der Waals surface area contributed by atoms with Crippen LogP contribution < -0.4 is 4.74 Å². The molecule has 6 heteroatoms. The molecular formula is C12H13N3O3. The Hall–Kier alpha value is -2.37. The molecule has 94 valence electrons. The summed E-state index contributed by atoms with van der Waals surface area (Å²) >= 11 is 0. The summed E-state index contributed by atoms with van der Waals surface area (Å²) in [5.74, 6) is 0.145. The largest absolute Gasteiger partial charge is 0.496 e. The van der Waals surface area contributed by atoms with Crippen LogP contribution in [-0.4, -0.2) is 35.2 Å². The fourth-order valence-electron chi connectivity index (χ4n) is 1.70. The highest BCUT2D eigenvalue weighted by atomic mass is 16.5. The third kappa shape index (κ3) is 1.92. The van der Waals surface area contributed by atoms with Crippen LogP contribution in [0, 0.1) is 0 Å². The number of rotatable bonds is 3. The van der Waals surface area contributed by atoms with Crippen LogP contribution in [0.4, 0.5) is 0 Å². The van der Waals surface area contributed by atoms with Crippen molar-refractivity contribution in [1.82, 2.24) is 15.0 Å². The summed E-state index contributed by atoms with van der Waals surface area (Å²) in [6.07, 6.45) is 0. The van der Waals surface area contributed by atoms with Gasteiger partial charge >= 0.3 is 5.97 Å². The second-order valence-corrected chi connectivity index (χ2v) is 3.60. The van der Waals surface area contributed by atoms with Crippen molar-refractivity contribution in [2.75, 3.05) is 14.2 Å². The monoisotopic (exact) mass is 247 g/mol. The predicted molar refractivity (Wildman–Crippen MR) is 64.3 cm³/mol. The van der Waals surface area contributed by atoms with Crippen LogP contribution >= 0.6 is 0 Å². The quantitative estimate of drug-likeness (QED) is 0.764. The Morgan fingerprint density at radius 2 is 2.00 bits per heavy atom. The maximum absolute atomic E-state index is 11.7. The number of esters is 1. The molecule has 0 saturated heterocycles. The van der Waals surface area contributed by atoms with E-state index in [2.05, 4.69) is 10.3 Å². The van der Waals surface area contributed by atoms with Crippen LogP contribution in [0.15, 0.2) is 24.3 Å². The number of ether oxygens (including phenoxy) is 2. The third-order valence-electron chi connectivity index (χ3n) is 2.57. The Morgan fingerprint density at radius 3 is 2.67 bits per heavy atom. The van der Waals surface area contributed by atoms with E-state index in [4.69, 9.17) is 9.47 Å². The minimum Gasteiger partial charge on any atom is -0.496 e. The van der Waals surface area contributed by atoms with Crippen molar-refractivity contribution in [3.63, 3.8) is 0 Å². The van der Waals surface area contributed by atoms with E-state index in [0.717, 1.165) is 0 Å². The lowest BCUT2D eigenvalue weighted by molar-refractivity contribution is 0.0589. The van der Waals surface area contributed by atoms with E-state index in [1.807, 2.05) is 18.2 Å². The number of methoxy groups -OCH3 is 2. The van der Waals surface area contributed by atoms with Crippen molar-refractivity contribution in [3.8, 4) is 17.0 Å². The summed E-state index contributed by atoms with van der Waals surface area (Å²) in [5.41, 5.74) is 1.44. The lowest BCUT2D eigenvalue weighted by Gasteiger charge is -2.07. The van der Waals surface area contributed by atoms with Crippen LogP contribution in [0.3, 0.4) is 0 Å². The molecule has 0 N–H and O–H groups in total. The predicted octanol–water partition coefficient (Wildman–Crippen LogP) is 1.28. The molecule has 0 bridgehead atoms. The average Bonchev–Trinajstić information content (AvgIpc) is 2.79. The van der Waals surface area contributed by atoms with Crippen LogP contribution in [0.2, 0.25) is 0 Å². The summed E-state index contributed by atoms with van der Waals surface area (Å²) in [4.78, 5) is 11.7. The number of nitrogens with zero attached hydrogens (tertiary/aromatic N) is 3. The van der Waals surface area contributed by atoms with Gasteiger partial charge < -0.3 is 9.47 Å². The van der Waals surface area contributed by atoms with Gasteiger partial charge in [0, 0.05) is 12.6 Å². The fraction of sp³-hybridized carbons (Fsp3) is 0.250. The van der Waals surface area contributed by atoms with Gasteiger partial charge in [0.05, 0.1) is 14.2 Å². The number of hydrogen-bond donors (Lipinski definition) is 0. The first kappa shape index (κ1) is 12.1. The van der Waals surface area contributed by atoms with Crippen molar-refractivity contribution in [2.24, 2.45) is 7.05 Å². The molecular weight excluding hydrogens is 234 g/mol. The van der Waals surface area contributed by atoms with Gasteiger partial charge in [0.2, 0.25) is 0 Å². The molecule has 1 aromatic carbocycles. The second kappa shape index (κ2) is 4.87. The van der Waals surface area contributed by atoms with Gasteiger partial charge in [-0.05, 0) is 12.1 Å². The molecule has 0 spiro atoms. The third-order valence-corrected chi connectivity index (χ3v) is 2.57. The maximum Gasteiger partial charge on any atom is 0.358 e. The number of aryl methyl sites for hydroxylation is 1. The summed E-state index contributed by atoms with van der Waals surface area (Å²) in [6.45, 7) is 0. The zero-order valence-corrected chi connectivity index (χ0v) is 10.4. The zero-order chi connectivity index (χ0) is 13.1. The van der Waals surface area contributed by atoms with Gasteiger partial charge in [-0.3, -0.25) is 0 Å². The van der Waals surface area contributed by atoms with Crippen LogP contribution in [0.1, 0.15) is 10.5 Å². The molecule has 0 amide bonds. The molecule has 0 aliphatic carbocycles. The highest BCUT2D eigenvalue weighted by molar-refractivity contribution is 5.95. The van der Waals surface area contributed by atoms with Gasteiger partial charge in [0.25, 0.3) is 0 Å². The van der Waals surface area contributed by atoms with Gasteiger partial charge in [-0.1, -0.05) is 17.3 Å². The van der Waals surface area contributed by atoms with Crippen molar-refractivity contribution in [2.45, 2.75) is 0 Å². The summed E-state index contributed by atoms with van der Waals surface area (Å²) in [6, 6.07) is 7.30. The minimum absolute atomic E-state index is 0.294. The molecule has 0 aliphatic rings. The molecule has 1 aromatic heterocycles. The number of carbonyl (C=O) groups excluding carboxylic acids is 1. The highest BCUT2D eigenvalue weighted by Crippen LogP contribution is 2.30. The van der Waals surface area contributed by atoms with Crippen LogP contribution in [0.5, 0.6) is 5.75 Å². The number of para-hydroxylation sites is 1. The number of hydrogen-bond acceptors (Lipinski definition) is 5. The Balaban J connectivity index is 2.61. The van der Waals surface area contributed by atoms with Crippen molar-refractivity contribution < 1.29 is 14.3 Å². The molecule has 0 aliphatic heterocycles. The normalized spacial score (nSPS) is 10.2.